The highest BCUT2D eigenvalue weighted by atomic mass is 32.1. The Kier molecular flexibility index (Phi) is 8.21. The number of methoxy groups -OCH3 is 1. The molecule has 0 saturated carbocycles. The molecular weight excluding hydrogens is 424 g/mol. The minimum atomic E-state index is -0.699. The van der Waals surface area contributed by atoms with Crippen LogP contribution in [-0.4, -0.2) is 36.0 Å². The summed E-state index contributed by atoms with van der Waals surface area (Å²) >= 11 is 1.32. The first-order chi connectivity index (χ1) is 15.5. The van der Waals surface area contributed by atoms with E-state index in [-0.39, 0.29) is 23.6 Å². The molecule has 0 bridgehead atoms. The first kappa shape index (κ1) is 23.3. The van der Waals surface area contributed by atoms with E-state index in [4.69, 9.17) is 4.74 Å². The Hall–Kier alpha value is -3.39. The largest absolute Gasteiger partial charge is 0.497 e. The van der Waals surface area contributed by atoms with Crippen LogP contribution in [0.2, 0.25) is 0 Å². The molecule has 2 atom stereocenters. The van der Waals surface area contributed by atoms with Crippen LogP contribution in [-0.2, 0) is 11.2 Å². The Labute approximate surface area is 192 Å². The molecule has 1 aromatic heterocycles. The predicted octanol–water partition coefficient (Wildman–Crippen LogP) is 4.15. The third kappa shape index (κ3) is 6.55. The van der Waals surface area contributed by atoms with Crippen molar-refractivity contribution in [1.82, 2.24) is 15.6 Å². The average Bonchev–Trinajstić information content (AvgIpc) is 3.27. The third-order valence-electron chi connectivity index (χ3n) is 4.96. The van der Waals surface area contributed by atoms with Crippen molar-refractivity contribution in [2.24, 2.45) is 0 Å². The van der Waals surface area contributed by atoms with Crippen molar-refractivity contribution in [2.75, 3.05) is 12.4 Å². The van der Waals surface area contributed by atoms with E-state index < -0.39 is 6.04 Å². The zero-order valence-electron chi connectivity index (χ0n) is 18.4. The third-order valence-corrected chi connectivity index (χ3v) is 5.72. The SMILES string of the molecule is CC[C@H](C)NC(=O)[C@@H](Cc1ccccc1)NC(=O)c1csc(Nc2cccc(OC)c2)n1. The summed E-state index contributed by atoms with van der Waals surface area (Å²) < 4.78 is 5.23. The molecule has 8 heteroatoms. The topological polar surface area (TPSA) is 92.4 Å². The lowest BCUT2D eigenvalue weighted by molar-refractivity contribution is -0.123. The van der Waals surface area contributed by atoms with Crippen LogP contribution in [0.4, 0.5) is 10.8 Å². The summed E-state index contributed by atoms with van der Waals surface area (Å²) in [6.45, 7) is 3.94. The molecule has 168 valence electrons. The number of amides is 2. The summed E-state index contributed by atoms with van der Waals surface area (Å²) in [6.07, 6.45) is 1.21. The van der Waals surface area contributed by atoms with Gasteiger partial charge < -0.3 is 20.7 Å². The Morgan fingerprint density at radius 3 is 2.59 bits per heavy atom. The number of carbonyl (C=O) groups is 2. The molecule has 0 spiro atoms. The van der Waals surface area contributed by atoms with E-state index in [1.807, 2.05) is 68.4 Å². The van der Waals surface area contributed by atoms with E-state index in [1.54, 1.807) is 12.5 Å². The standard InChI is InChI=1S/C24H28N4O3S/c1-4-16(2)25-22(29)20(13-17-9-6-5-7-10-17)27-23(30)21-15-32-24(28-21)26-18-11-8-12-19(14-18)31-3/h5-12,14-16,20H,4,13H2,1-3H3,(H,25,29)(H,26,28)(H,27,30)/t16-,20+/m0/s1. The van der Waals surface area contributed by atoms with Gasteiger partial charge in [0, 0.05) is 29.6 Å². The van der Waals surface area contributed by atoms with E-state index >= 15 is 0 Å². The maximum absolute atomic E-state index is 12.9. The molecule has 2 aromatic carbocycles. The van der Waals surface area contributed by atoms with Crippen molar-refractivity contribution in [3.8, 4) is 5.75 Å². The van der Waals surface area contributed by atoms with Crippen LogP contribution in [0, 0.1) is 0 Å². The number of ether oxygens (including phenoxy) is 1. The summed E-state index contributed by atoms with van der Waals surface area (Å²) in [5.41, 5.74) is 2.03. The van der Waals surface area contributed by atoms with Crippen molar-refractivity contribution < 1.29 is 14.3 Å². The number of benzene rings is 2. The summed E-state index contributed by atoms with van der Waals surface area (Å²) in [6, 6.07) is 16.4. The smallest absolute Gasteiger partial charge is 0.271 e. The molecule has 3 rings (SSSR count). The average molecular weight is 453 g/mol. The number of nitrogens with zero attached hydrogens (tertiary/aromatic N) is 1. The Bertz CT molecular complexity index is 1040. The molecule has 7 nitrogen and oxygen atoms in total. The fraction of sp³-hybridized carbons (Fsp3) is 0.292. The molecule has 0 aliphatic rings. The first-order valence-electron chi connectivity index (χ1n) is 10.5. The number of nitrogens with one attached hydrogen (secondary N) is 3. The van der Waals surface area contributed by atoms with Gasteiger partial charge in [0.15, 0.2) is 5.13 Å². The van der Waals surface area contributed by atoms with Crippen molar-refractivity contribution in [2.45, 2.75) is 38.8 Å². The van der Waals surface area contributed by atoms with Gasteiger partial charge in [-0.15, -0.1) is 11.3 Å². The zero-order valence-corrected chi connectivity index (χ0v) is 19.2. The molecule has 32 heavy (non-hydrogen) atoms. The van der Waals surface area contributed by atoms with Gasteiger partial charge in [0.05, 0.1) is 7.11 Å². The normalized spacial score (nSPS) is 12.5. The van der Waals surface area contributed by atoms with E-state index in [1.165, 1.54) is 11.3 Å². The molecule has 0 aliphatic heterocycles. The Balaban J connectivity index is 1.70. The first-order valence-corrected chi connectivity index (χ1v) is 11.4. The summed E-state index contributed by atoms with van der Waals surface area (Å²) in [4.78, 5) is 30.1. The van der Waals surface area contributed by atoms with Gasteiger partial charge in [0.1, 0.15) is 17.5 Å². The van der Waals surface area contributed by atoms with Crippen molar-refractivity contribution >= 4 is 34.0 Å². The van der Waals surface area contributed by atoms with E-state index in [2.05, 4.69) is 20.9 Å². The monoisotopic (exact) mass is 452 g/mol. The van der Waals surface area contributed by atoms with Gasteiger partial charge in [-0.1, -0.05) is 43.3 Å². The van der Waals surface area contributed by atoms with Crippen molar-refractivity contribution in [3.05, 3.63) is 71.2 Å². The molecule has 0 saturated heterocycles. The summed E-state index contributed by atoms with van der Waals surface area (Å²) in [7, 11) is 1.61. The second-order valence-corrected chi connectivity index (χ2v) is 8.29. The van der Waals surface area contributed by atoms with Gasteiger partial charge in [-0.05, 0) is 31.0 Å². The number of rotatable bonds is 10. The maximum atomic E-state index is 12.9. The number of hydrogen-bond acceptors (Lipinski definition) is 6. The van der Waals surface area contributed by atoms with Gasteiger partial charge in [-0.3, -0.25) is 9.59 Å². The number of thiazole rings is 1. The van der Waals surface area contributed by atoms with Crippen LogP contribution >= 0.6 is 11.3 Å². The summed E-state index contributed by atoms with van der Waals surface area (Å²) in [5, 5.41) is 11.2. The van der Waals surface area contributed by atoms with Crippen LogP contribution in [0.3, 0.4) is 0 Å². The lowest BCUT2D eigenvalue weighted by Crippen LogP contribution is -2.50. The fourth-order valence-corrected chi connectivity index (χ4v) is 3.71. The highest BCUT2D eigenvalue weighted by molar-refractivity contribution is 7.14. The van der Waals surface area contributed by atoms with Gasteiger partial charge in [0.25, 0.3) is 5.91 Å². The molecule has 3 aromatic rings. The van der Waals surface area contributed by atoms with Gasteiger partial charge in [-0.25, -0.2) is 4.98 Å². The van der Waals surface area contributed by atoms with Crippen LogP contribution in [0.5, 0.6) is 5.75 Å². The molecule has 0 radical (unpaired) electrons. The zero-order chi connectivity index (χ0) is 22.9. The highest BCUT2D eigenvalue weighted by Crippen LogP contribution is 2.24. The van der Waals surface area contributed by atoms with E-state index in [0.717, 1.165) is 23.4 Å². The minimum Gasteiger partial charge on any atom is -0.497 e. The minimum absolute atomic E-state index is 0.0237. The lowest BCUT2D eigenvalue weighted by atomic mass is 10.0. The second-order valence-electron chi connectivity index (χ2n) is 7.43. The number of anilines is 2. The van der Waals surface area contributed by atoms with E-state index in [0.29, 0.717) is 11.6 Å². The molecule has 0 unspecified atom stereocenters. The number of hydrogen-bond donors (Lipinski definition) is 3. The van der Waals surface area contributed by atoms with Gasteiger partial charge >= 0.3 is 0 Å². The predicted molar refractivity (Wildman–Crippen MR) is 128 cm³/mol. The molecule has 1 heterocycles. The molecule has 0 aliphatic carbocycles. The number of aromatic nitrogens is 1. The Morgan fingerprint density at radius 1 is 1.09 bits per heavy atom. The molecule has 3 N–H and O–H groups in total. The highest BCUT2D eigenvalue weighted by Gasteiger charge is 2.24. The van der Waals surface area contributed by atoms with Gasteiger partial charge in [0.2, 0.25) is 5.91 Å². The lowest BCUT2D eigenvalue weighted by Gasteiger charge is -2.20. The van der Waals surface area contributed by atoms with Crippen LogP contribution in [0.1, 0.15) is 36.3 Å². The van der Waals surface area contributed by atoms with Crippen LogP contribution in [0.25, 0.3) is 0 Å². The van der Waals surface area contributed by atoms with E-state index in [9.17, 15) is 9.59 Å². The van der Waals surface area contributed by atoms with Crippen molar-refractivity contribution in [1.29, 1.82) is 0 Å². The maximum Gasteiger partial charge on any atom is 0.271 e. The quantitative estimate of drug-likeness (QED) is 0.430. The molecular formula is C24H28N4O3S. The van der Waals surface area contributed by atoms with Gasteiger partial charge in [-0.2, -0.15) is 0 Å². The molecule has 2 amide bonds. The molecule has 0 fully saturated rings. The summed E-state index contributed by atoms with van der Waals surface area (Å²) in [5.74, 6) is 0.127. The number of carbonyl (C=O) groups excluding carboxylic acids is 2. The Morgan fingerprint density at radius 2 is 1.88 bits per heavy atom. The fourth-order valence-electron chi connectivity index (χ4n) is 3.00. The van der Waals surface area contributed by atoms with Crippen LogP contribution < -0.4 is 20.7 Å². The van der Waals surface area contributed by atoms with Crippen molar-refractivity contribution in [3.63, 3.8) is 0 Å². The second kappa shape index (κ2) is 11.3. The van der Waals surface area contributed by atoms with Crippen LogP contribution in [0.15, 0.2) is 60.0 Å².